The maximum Gasteiger partial charge on any atom is 0.570 e. The molecule has 1 aromatic rings. The second-order valence-corrected chi connectivity index (χ2v) is 2.69. The first-order chi connectivity index (χ1) is 7.11. The summed E-state index contributed by atoms with van der Waals surface area (Å²) >= 11 is 0. The zero-order valence-corrected chi connectivity index (χ0v) is 7.61. The fourth-order valence-electron chi connectivity index (χ4n) is 0.944. The van der Waals surface area contributed by atoms with Crippen LogP contribution in [-0.4, -0.2) is 16.2 Å². The van der Waals surface area contributed by atoms with Crippen molar-refractivity contribution in [3.8, 4) is 0 Å². The maximum absolute atomic E-state index is 10.2. The molecule has 0 heterocycles. The summed E-state index contributed by atoms with van der Waals surface area (Å²) in [5.74, 6) is 0. The quantitative estimate of drug-likeness (QED) is 0.412. The Bertz CT molecular complexity index is 339. The molecule has 80 valence electrons. The monoisotopic (exact) mass is 212 g/mol. The Morgan fingerprint density at radius 2 is 1.67 bits per heavy atom. The molecule has 7 nitrogen and oxygen atoms in total. The Morgan fingerprint density at radius 3 is 2.13 bits per heavy atom. The summed E-state index contributed by atoms with van der Waals surface area (Å²) in [6, 6.07) is 8.52. The Hall–Kier alpha value is -2.02. The average Bonchev–Trinajstić information content (AvgIpc) is 2.18. The highest BCUT2D eigenvalue weighted by molar-refractivity contribution is 5.13. The van der Waals surface area contributed by atoms with E-state index in [9.17, 15) is 20.2 Å². The lowest BCUT2D eigenvalue weighted by atomic mass is 10.2. The van der Waals surface area contributed by atoms with Crippen LogP contribution in [0.5, 0.6) is 0 Å². The van der Waals surface area contributed by atoms with Gasteiger partial charge in [0.05, 0.1) is 6.61 Å². The molecule has 0 spiro atoms. The molecule has 0 aliphatic carbocycles. The normalized spacial score (nSPS) is 10.2. The molecule has 0 saturated heterocycles. The molecule has 0 aliphatic rings. The van der Waals surface area contributed by atoms with Crippen LogP contribution in [0.25, 0.3) is 0 Å². The molecule has 0 aliphatic heterocycles. The van der Waals surface area contributed by atoms with Crippen molar-refractivity contribution in [2.75, 3.05) is 0 Å². The van der Waals surface area contributed by atoms with Crippen molar-refractivity contribution in [1.82, 2.24) is 0 Å². The minimum Gasteiger partial charge on any atom is -0.256 e. The number of nitro groups is 2. The van der Waals surface area contributed by atoms with Crippen LogP contribution in [0.4, 0.5) is 0 Å². The average molecular weight is 212 g/mol. The molecule has 0 radical (unpaired) electrons. The number of hydrogen-bond acceptors (Lipinski definition) is 5. The van der Waals surface area contributed by atoms with E-state index in [4.69, 9.17) is 0 Å². The minimum atomic E-state index is -2.20. The summed E-state index contributed by atoms with van der Waals surface area (Å²) in [6.45, 7) is -0.159. The van der Waals surface area contributed by atoms with Gasteiger partial charge in [0.2, 0.25) is 0 Å². The topological polar surface area (TPSA) is 95.5 Å². The van der Waals surface area contributed by atoms with Gasteiger partial charge < -0.3 is 0 Å². The largest absolute Gasteiger partial charge is 0.570 e. The van der Waals surface area contributed by atoms with Crippen LogP contribution in [-0.2, 0) is 11.3 Å². The van der Waals surface area contributed by atoms with Gasteiger partial charge in [0.15, 0.2) is 0 Å². The second-order valence-electron chi connectivity index (χ2n) is 2.69. The van der Waals surface area contributed by atoms with Gasteiger partial charge in [-0.15, -0.1) is 0 Å². The van der Waals surface area contributed by atoms with Crippen LogP contribution < -0.4 is 0 Å². The van der Waals surface area contributed by atoms with E-state index in [1.807, 2.05) is 0 Å². The SMILES string of the molecule is O=[N+]([O-])C(OCc1ccccc1)[N+](=O)[O-]. The van der Waals surface area contributed by atoms with Crippen LogP contribution in [0.2, 0.25) is 0 Å². The van der Waals surface area contributed by atoms with Gasteiger partial charge in [-0.05, 0) is 5.56 Å². The summed E-state index contributed by atoms with van der Waals surface area (Å²) in [4.78, 5) is 18.2. The van der Waals surface area contributed by atoms with Gasteiger partial charge in [-0.2, -0.15) is 0 Å². The molecule has 0 amide bonds. The summed E-state index contributed by atoms with van der Waals surface area (Å²) in [6.07, 6.45) is -2.20. The van der Waals surface area contributed by atoms with E-state index < -0.39 is 16.2 Å². The van der Waals surface area contributed by atoms with Gasteiger partial charge in [0, 0.05) is 0 Å². The van der Waals surface area contributed by atoms with Crippen LogP contribution in [0.1, 0.15) is 5.56 Å². The van der Waals surface area contributed by atoms with E-state index in [-0.39, 0.29) is 6.61 Å². The van der Waals surface area contributed by atoms with Crippen molar-refractivity contribution >= 4 is 0 Å². The number of nitrogens with zero attached hydrogens (tertiary/aromatic N) is 2. The molecule has 0 fully saturated rings. The third-order valence-corrected chi connectivity index (χ3v) is 1.60. The van der Waals surface area contributed by atoms with E-state index in [0.29, 0.717) is 5.56 Å². The molecule has 0 bridgehead atoms. The third-order valence-electron chi connectivity index (χ3n) is 1.60. The molecule has 0 atom stereocenters. The highest BCUT2D eigenvalue weighted by Crippen LogP contribution is 2.04. The lowest BCUT2D eigenvalue weighted by Gasteiger charge is -2.03. The fourth-order valence-corrected chi connectivity index (χ4v) is 0.944. The number of ether oxygens (including phenoxy) is 1. The molecule has 0 N–H and O–H groups in total. The second kappa shape index (κ2) is 5.01. The van der Waals surface area contributed by atoms with Gasteiger partial charge in [0.1, 0.15) is 9.85 Å². The molecule has 1 aromatic carbocycles. The van der Waals surface area contributed by atoms with Crippen LogP contribution in [0.15, 0.2) is 30.3 Å². The fraction of sp³-hybridized carbons (Fsp3) is 0.250. The Balaban J connectivity index is 2.55. The summed E-state index contributed by atoms with van der Waals surface area (Å²) in [5, 5.41) is 20.4. The lowest BCUT2D eigenvalue weighted by Crippen LogP contribution is -2.31. The highest BCUT2D eigenvalue weighted by Gasteiger charge is 2.33. The van der Waals surface area contributed by atoms with Gasteiger partial charge in [-0.25, -0.2) is 0 Å². The van der Waals surface area contributed by atoms with Crippen molar-refractivity contribution in [1.29, 1.82) is 0 Å². The Kier molecular flexibility index (Phi) is 3.69. The van der Waals surface area contributed by atoms with Crippen LogP contribution in [0.3, 0.4) is 0 Å². The van der Waals surface area contributed by atoms with E-state index >= 15 is 0 Å². The van der Waals surface area contributed by atoms with Gasteiger partial charge in [0.25, 0.3) is 0 Å². The Labute approximate surface area is 84.6 Å². The number of rotatable bonds is 5. The van der Waals surface area contributed by atoms with Crippen molar-refractivity contribution in [3.63, 3.8) is 0 Å². The molecule has 1 rings (SSSR count). The van der Waals surface area contributed by atoms with Crippen LogP contribution in [0, 0.1) is 20.2 Å². The molecular weight excluding hydrogens is 204 g/mol. The van der Waals surface area contributed by atoms with Crippen molar-refractivity contribution < 1.29 is 14.6 Å². The molecule has 0 unspecified atom stereocenters. The van der Waals surface area contributed by atoms with Crippen molar-refractivity contribution in [2.45, 2.75) is 13.0 Å². The molecule has 0 saturated carbocycles. The van der Waals surface area contributed by atoms with E-state index in [0.717, 1.165) is 0 Å². The predicted molar refractivity (Wildman–Crippen MR) is 49.0 cm³/mol. The summed E-state index contributed by atoms with van der Waals surface area (Å²) in [7, 11) is 0. The summed E-state index contributed by atoms with van der Waals surface area (Å²) < 4.78 is 4.55. The first-order valence-corrected chi connectivity index (χ1v) is 4.04. The minimum absolute atomic E-state index is 0.159. The summed E-state index contributed by atoms with van der Waals surface area (Å²) in [5.41, 5.74) is 0.645. The molecule has 7 heteroatoms. The third kappa shape index (κ3) is 3.31. The van der Waals surface area contributed by atoms with Crippen molar-refractivity contribution in [3.05, 3.63) is 56.1 Å². The first-order valence-electron chi connectivity index (χ1n) is 4.04. The van der Waals surface area contributed by atoms with Gasteiger partial charge in [-0.1, -0.05) is 30.3 Å². The van der Waals surface area contributed by atoms with Gasteiger partial charge >= 0.3 is 6.35 Å². The smallest absolute Gasteiger partial charge is 0.256 e. The molecular formula is C8H8N2O5. The zero-order chi connectivity index (χ0) is 11.3. The molecule has 15 heavy (non-hydrogen) atoms. The van der Waals surface area contributed by atoms with Gasteiger partial charge in [-0.3, -0.25) is 25.0 Å². The predicted octanol–water partition coefficient (Wildman–Crippen LogP) is 1.04. The van der Waals surface area contributed by atoms with E-state index in [2.05, 4.69) is 4.74 Å². The first kappa shape index (κ1) is 11.1. The highest BCUT2D eigenvalue weighted by atomic mass is 16.7. The zero-order valence-electron chi connectivity index (χ0n) is 7.61. The standard InChI is InChI=1S/C8H8N2O5/c11-9(12)8(10(13)14)15-6-7-4-2-1-3-5-7/h1-5,8H,6H2. The Morgan fingerprint density at radius 1 is 1.13 bits per heavy atom. The van der Waals surface area contributed by atoms with E-state index in [1.54, 1.807) is 30.3 Å². The number of benzene rings is 1. The van der Waals surface area contributed by atoms with Crippen molar-refractivity contribution in [2.24, 2.45) is 0 Å². The lowest BCUT2D eigenvalue weighted by molar-refractivity contribution is -0.793. The number of hydrogen-bond donors (Lipinski definition) is 0. The maximum atomic E-state index is 10.2. The molecule has 0 aromatic heterocycles. The van der Waals surface area contributed by atoms with E-state index in [1.165, 1.54) is 0 Å². The van der Waals surface area contributed by atoms with Crippen LogP contribution >= 0.6 is 0 Å².